The van der Waals surface area contributed by atoms with Gasteiger partial charge in [-0.05, 0) is 48.9 Å². The average Bonchev–Trinajstić information content (AvgIpc) is 2.40. The molecule has 4 heteroatoms. The molecule has 2 aromatic carbocycles. The molecule has 0 saturated heterocycles. The minimum Gasteiger partial charge on any atom is -0.346 e. The van der Waals surface area contributed by atoms with E-state index in [1.165, 1.54) is 0 Å². The first kappa shape index (κ1) is 13.9. The van der Waals surface area contributed by atoms with Crippen LogP contribution in [0.2, 0.25) is 10.0 Å². The van der Waals surface area contributed by atoms with Crippen molar-refractivity contribution in [2.24, 2.45) is 0 Å². The van der Waals surface area contributed by atoms with Crippen LogP contribution in [-0.2, 0) is 0 Å². The zero-order valence-corrected chi connectivity index (χ0v) is 11.9. The number of carbonyl (C=O) groups excluding carboxylic acids is 1. The lowest BCUT2D eigenvalue weighted by Gasteiger charge is -2.14. The molecule has 0 saturated carbocycles. The van der Waals surface area contributed by atoms with Gasteiger partial charge < -0.3 is 5.32 Å². The summed E-state index contributed by atoms with van der Waals surface area (Å²) in [7, 11) is 0. The van der Waals surface area contributed by atoms with Crippen molar-refractivity contribution in [3.8, 4) is 0 Å². The predicted octanol–water partition coefficient (Wildman–Crippen LogP) is 4.48. The summed E-state index contributed by atoms with van der Waals surface area (Å²) in [6.45, 7) is 1.93. The zero-order chi connectivity index (χ0) is 13.8. The predicted molar refractivity (Wildman–Crippen MR) is 78.8 cm³/mol. The van der Waals surface area contributed by atoms with Crippen LogP contribution in [0.4, 0.5) is 0 Å². The largest absolute Gasteiger partial charge is 0.346 e. The molecule has 19 heavy (non-hydrogen) atoms. The molecule has 0 aromatic heterocycles. The highest BCUT2D eigenvalue weighted by molar-refractivity contribution is 6.30. The molecular weight excluding hydrogens is 281 g/mol. The van der Waals surface area contributed by atoms with Crippen LogP contribution in [0, 0.1) is 0 Å². The molecule has 0 aliphatic carbocycles. The van der Waals surface area contributed by atoms with Crippen LogP contribution in [0.3, 0.4) is 0 Å². The van der Waals surface area contributed by atoms with E-state index in [0.717, 1.165) is 5.56 Å². The Labute approximate surface area is 122 Å². The fourth-order valence-corrected chi connectivity index (χ4v) is 1.97. The van der Waals surface area contributed by atoms with E-state index in [-0.39, 0.29) is 11.9 Å². The van der Waals surface area contributed by atoms with E-state index in [9.17, 15) is 4.79 Å². The van der Waals surface area contributed by atoms with Gasteiger partial charge >= 0.3 is 0 Å². The Kier molecular flexibility index (Phi) is 4.46. The van der Waals surface area contributed by atoms with Crippen LogP contribution in [-0.4, -0.2) is 5.91 Å². The minimum atomic E-state index is -0.126. The Bertz CT molecular complexity index is 564. The van der Waals surface area contributed by atoms with Gasteiger partial charge in [-0.1, -0.05) is 35.3 Å². The Morgan fingerprint density at radius 3 is 1.95 bits per heavy atom. The number of carbonyl (C=O) groups is 1. The number of amides is 1. The lowest BCUT2D eigenvalue weighted by Crippen LogP contribution is -2.26. The second-order valence-corrected chi connectivity index (χ2v) is 5.13. The fraction of sp³-hybridized carbons (Fsp3) is 0.133. The normalized spacial score (nSPS) is 11.9. The molecule has 2 nitrogen and oxygen atoms in total. The second kappa shape index (κ2) is 6.09. The van der Waals surface area contributed by atoms with Crippen LogP contribution in [0.5, 0.6) is 0 Å². The molecule has 0 heterocycles. The quantitative estimate of drug-likeness (QED) is 0.888. The SMILES string of the molecule is C[C@@H](NC(=O)c1ccc(Cl)cc1)c1ccc(Cl)cc1. The van der Waals surface area contributed by atoms with Gasteiger partial charge in [0, 0.05) is 15.6 Å². The summed E-state index contributed by atoms with van der Waals surface area (Å²) in [5.41, 5.74) is 1.59. The number of hydrogen-bond acceptors (Lipinski definition) is 1. The molecule has 0 aliphatic heterocycles. The number of benzene rings is 2. The second-order valence-electron chi connectivity index (χ2n) is 4.25. The molecular formula is C15H13Cl2NO. The summed E-state index contributed by atoms with van der Waals surface area (Å²) in [5.74, 6) is -0.126. The van der Waals surface area contributed by atoms with Gasteiger partial charge in [-0.3, -0.25) is 4.79 Å². The van der Waals surface area contributed by atoms with E-state index in [0.29, 0.717) is 15.6 Å². The lowest BCUT2D eigenvalue weighted by molar-refractivity contribution is 0.0940. The maximum Gasteiger partial charge on any atom is 0.251 e. The number of hydrogen-bond donors (Lipinski definition) is 1. The summed E-state index contributed by atoms with van der Waals surface area (Å²) in [6, 6.07) is 14.1. The van der Waals surface area contributed by atoms with Gasteiger partial charge in [0.05, 0.1) is 6.04 Å². The fourth-order valence-electron chi connectivity index (χ4n) is 1.72. The van der Waals surface area contributed by atoms with E-state index in [1.54, 1.807) is 24.3 Å². The van der Waals surface area contributed by atoms with Gasteiger partial charge in [-0.15, -0.1) is 0 Å². The Morgan fingerprint density at radius 2 is 1.42 bits per heavy atom. The number of halogens is 2. The molecule has 0 bridgehead atoms. The van der Waals surface area contributed by atoms with Crippen molar-refractivity contribution in [3.05, 3.63) is 69.7 Å². The molecule has 0 aliphatic rings. The monoisotopic (exact) mass is 293 g/mol. The van der Waals surface area contributed by atoms with E-state index >= 15 is 0 Å². The van der Waals surface area contributed by atoms with Crippen LogP contribution in [0.25, 0.3) is 0 Å². The standard InChI is InChI=1S/C15H13Cl2NO/c1-10(11-2-6-13(16)7-3-11)18-15(19)12-4-8-14(17)9-5-12/h2-10H,1H3,(H,18,19)/t10-/m1/s1. The maximum atomic E-state index is 12.0. The Hall–Kier alpha value is -1.51. The molecule has 0 radical (unpaired) electrons. The summed E-state index contributed by atoms with van der Waals surface area (Å²) >= 11 is 11.6. The van der Waals surface area contributed by atoms with E-state index in [1.807, 2.05) is 31.2 Å². The summed E-state index contributed by atoms with van der Waals surface area (Å²) in [4.78, 5) is 12.0. The lowest BCUT2D eigenvalue weighted by atomic mass is 10.1. The van der Waals surface area contributed by atoms with Crippen molar-refractivity contribution < 1.29 is 4.79 Å². The van der Waals surface area contributed by atoms with E-state index < -0.39 is 0 Å². The molecule has 0 fully saturated rings. The van der Waals surface area contributed by atoms with Crippen LogP contribution >= 0.6 is 23.2 Å². The molecule has 0 spiro atoms. The van der Waals surface area contributed by atoms with Gasteiger partial charge in [0.15, 0.2) is 0 Å². The van der Waals surface area contributed by atoms with Crippen molar-refractivity contribution in [2.45, 2.75) is 13.0 Å². The first-order valence-corrected chi connectivity index (χ1v) is 6.64. The highest BCUT2D eigenvalue weighted by Gasteiger charge is 2.11. The van der Waals surface area contributed by atoms with Gasteiger partial charge in [0.2, 0.25) is 0 Å². The van der Waals surface area contributed by atoms with Gasteiger partial charge in [-0.25, -0.2) is 0 Å². The van der Waals surface area contributed by atoms with E-state index in [4.69, 9.17) is 23.2 Å². The Balaban J connectivity index is 2.06. The molecule has 98 valence electrons. The molecule has 1 amide bonds. The summed E-state index contributed by atoms with van der Waals surface area (Å²) in [5, 5.41) is 4.22. The third-order valence-corrected chi connectivity index (χ3v) is 3.33. The third-order valence-electron chi connectivity index (χ3n) is 2.82. The van der Waals surface area contributed by atoms with Crippen LogP contribution in [0.1, 0.15) is 28.9 Å². The van der Waals surface area contributed by atoms with Crippen molar-refractivity contribution in [2.75, 3.05) is 0 Å². The summed E-state index contributed by atoms with van der Waals surface area (Å²) in [6.07, 6.45) is 0. The number of nitrogens with one attached hydrogen (secondary N) is 1. The topological polar surface area (TPSA) is 29.1 Å². The van der Waals surface area contributed by atoms with Crippen molar-refractivity contribution in [1.82, 2.24) is 5.32 Å². The first-order chi connectivity index (χ1) is 9.06. The molecule has 1 N–H and O–H groups in total. The Morgan fingerprint density at radius 1 is 0.947 bits per heavy atom. The summed E-state index contributed by atoms with van der Waals surface area (Å²) < 4.78 is 0. The van der Waals surface area contributed by atoms with Crippen molar-refractivity contribution in [3.63, 3.8) is 0 Å². The number of rotatable bonds is 3. The smallest absolute Gasteiger partial charge is 0.251 e. The third kappa shape index (κ3) is 3.72. The van der Waals surface area contributed by atoms with Crippen molar-refractivity contribution in [1.29, 1.82) is 0 Å². The molecule has 2 aromatic rings. The molecule has 1 atom stereocenters. The average molecular weight is 294 g/mol. The highest BCUT2D eigenvalue weighted by atomic mass is 35.5. The maximum absolute atomic E-state index is 12.0. The zero-order valence-electron chi connectivity index (χ0n) is 10.4. The highest BCUT2D eigenvalue weighted by Crippen LogP contribution is 2.17. The molecule has 0 unspecified atom stereocenters. The minimum absolute atomic E-state index is 0.0829. The van der Waals surface area contributed by atoms with Gasteiger partial charge in [0.1, 0.15) is 0 Å². The van der Waals surface area contributed by atoms with Crippen LogP contribution < -0.4 is 5.32 Å². The van der Waals surface area contributed by atoms with Crippen LogP contribution in [0.15, 0.2) is 48.5 Å². The van der Waals surface area contributed by atoms with Gasteiger partial charge in [0.25, 0.3) is 5.91 Å². The van der Waals surface area contributed by atoms with E-state index in [2.05, 4.69) is 5.32 Å². The first-order valence-electron chi connectivity index (χ1n) is 5.88. The van der Waals surface area contributed by atoms with Gasteiger partial charge in [-0.2, -0.15) is 0 Å². The molecule has 2 rings (SSSR count). The van der Waals surface area contributed by atoms with Crippen molar-refractivity contribution >= 4 is 29.1 Å².